The van der Waals surface area contributed by atoms with Crippen LogP contribution in [0.2, 0.25) is 0 Å². The number of urea groups is 1. The van der Waals surface area contributed by atoms with Crippen LogP contribution in [0.5, 0.6) is 0 Å². The van der Waals surface area contributed by atoms with Crippen molar-refractivity contribution in [2.24, 2.45) is 5.73 Å². The third-order valence-electron chi connectivity index (χ3n) is 2.23. The minimum atomic E-state index is -1.22. The molecule has 0 radical (unpaired) electrons. The smallest absolute Gasteiger partial charge is 0.323 e. The summed E-state index contributed by atoms with van der Waals surface area (Å²) in [7, 11) is 0. The van der Waals surface area contributed by atoms with Crippen LogP contribution in [-0.2, 0) is 9.59 Å². The fourth-order valence-corrected chi connectivity index (χ4v) is 1.04. The van der Waals surface area contributed by atoms with Gasteiger partial charge in [-0.1, -0.05) is 0 Å². The molecule has 3 amide bonds. The molecular formula is C10H19N3O4. The second kappa shape index (κ2) is 5.51. The molecule has 0 aliphatic heterocycles. The minimum absolute atomic E-state index is 0.297. The van der Waals surface area contributed by atoms with E-state index in [1.807, 2.05) is 0 Å². The Labute approximate surface area is 100.0 Å². The highest BCUT2D eigenvalue weighted by Crippen LogP contribution is 2.05. The van der Waals surface area contributed by atoms with E-state index in [9.17, 15) is 14.4 Å². The van der Waals surface area contributed by atoms with E-state index >= 15 is 0 Å². The van der Waals surface area contributed by atoms with Crippen molar-refractivity contribution in [2.45, 2.75) is 39.3 Å². The summed E-state index contributed by atoms with van der Waals surface area (Å²) in [5.74, 6) is -1.81. The molecule has 0 aliphatic rings. The minimum Gasteiger partial charge on any atom is -0.480 e. The number of amides is 3. The lowest BCUT2D eigenvalue weighted by molar-refractivity contribution is -0.138. The summed E-state index contributed by atoms with van der Waals surface area (Å²) >= 11 is 0. The third kappa shape index (κ3) is 4.71. The second-order valence-corrected chi connectivity index (χ2v) is 4.53. The van der Waals surface area contributed by atoms with Crippen LogP contribution in [0.1, 0.15) is 27.7 Å². The summed E-state index contributed by atoms with van der Waals surface area (Å²) in [5.41, 5.74) is 3.89. The first kappa shape index (κ1) is 15.2. The molecule has 0 bridgehead atoms. The van der Waals surface area contributed by atoms with E-state index in [0.29, 0.717) is 0 Å². The number of nitrogens with one attached hydrogen (secondary N) is 1. The normalized spacial score (nSPS) is 11.1. The molecule has 0 aromatic rings. The van der Waals surface area contributed by atoms with Gasteiger partial charge >= 0.3 is 12.0 Å². The predicted octanol–water partition coefficient (Wildman–Crippen LogP) is -0.245. The molecule has 7 heteroatoms. The van der Waals surface area contributed by atoms with Crippen molar-refractivity contribution in [1.82, 2.24) is 10.2 Å². The van der Waals surface area contributed by atoms with Gasteiger partial charge in [0.15, 0.2) is 0 Å². The number of carboxylic acids is 1. The van der Waals surface area contributed by atoms with Gasteiger partial charge in [0.1, 0.15) is 12.1 Å². The molecule has 98 valence electrons. The zero-order valence-electron chi connectivity index (χ0n) is 10.5. The highest BCUT2D eigenvalue weighted by atomic mass is 16.4. The molecule has 4 N–H and O–H groups in total. The summed E-state index contributed by atoms with van der Waals surface area (Å²) in [6.07, 6.45) is 0. The molecule has 0 atom stereocenters. The van der Waals surface area contributed by atoms with E-state index in [-0.39, 0.29) is 6.04 Å². The Morgan fingerprint density at radius 2 is 1.82 bits per heavy atom. The average Bonchev–Trinajstić information content (AvgIpc) is 2.12. The Kier molecular flexibility index (Phi) is 4.93. The highest BCUT2D eigenvalue weighted by Gasteiger charge is 2.30. The molecule has 0 aromatic carbocycles. The summed E-state index contributed by atoms with van der Waals surface area (Å²) in [4.78, 5) is 34.5. The molecule has 0 saturated carbocycles. The first-order valence-corrected chi connectivity index (χ1v) is 5.18. The monoisotopic (exact) mass is 245 g/mol. The maximum absolute atomic E-state index is 11.8. The van der Waals surface area contributed by atoms with Crippen LogP contribution in [0, 0.1) is 0 Å². The number of carbonyl (C=O) groups is 3. The molecule has 0 unspecified atom stereocenters. The van der Waals surface area contributed by atoms with Crippen molar-refractivity contribution in [3.05, 3.63) is 0 Å². The van der Waals surface area contributed by atoms with E-state index in [1.165, 1.54) is 13.8 Å². The van der Waals surface area contributed by atoms with Crippen molar-refractivity contribution in [1.29, 1.82) is 0 Å². The molecule has 17 heavy (non-hydrogen) atoms. The van der Waals surface area contributed by atoms with Crippen LogP contribution in [0.4, 0.5) is 4.79 Å². The standard InChI is InChI=1S/C10H19N3O4/c1-6(2)13(5-7(14)15)9(17)12-10(3,4)8(11)16/h6H,5H2,1-4H3,(H2,11,16)(H,12,17)(H,14,15). The number of aliphatic carboxylic acids is 1. The number of hydrogen-bond acceptors (Lipinski definition) is 3. The molecule has 0 aliphatic carbocycles. The Bertz CT molecular complexity index is 326. The molecule has 0 aromatic heterocycles. The van der Waals surface area contributed by atoms with Crippen molar-refractivity contribution in [3.8, 4) is 0 Å². The number of primary amides is 1. The van der Waals surface area contributed by atoms with Gasteiger partial charge < -0.3 is 21.1 Å². The number of nitrogens with zero attached hydrogens (tertiary/aromatic N) is 1. The van der Waals surface area contributed by atoms with Gasteiger partial charge in [-0.05, 0) is 27.7 Å². The van der Waals surface area contributed by atoms with Gasteiger partial charge in [0.2, 0.25) is 5.91 Å². The lowest BCUT2D eigenvalue weighted by atomic mass is 10.1. The molecule has 0 saturated heterocycles. The Morgan fingerprint density at radius 1 is 1.35 bits per heavy atom. The number of hydrogen-bond donors (Lipinski definition) is 3. The van der Waals surface area contributed by atoms with Gasteiger partial charge in [-0.25, -0.2) is 4.79 Å². The zero-order valence-corrected chi connectivity index (χ0v) is 10.5. The van der Waals surface area contributed by atoms with Crippen LogP contribution in [-0.4, -0.2) is 46.0 Å². The van der Waals surface area contributed by atoms with E-state index in [4.69, 9.17) is 10.8 Å². The summed E-state index contributed by atoms with van der Waals surface area (Å²) in [6, 6.07) is -0.930. The number of rotatable bonds is 5. The fraction of sp³-hybridized carbons (Fsp3) is 0.700. The molecule has 0 fully saturated rings. The average molecular weight is 245 g/mol. The largest absolute Gasteiger partial charge is 0.480 e. The predicted molar refractivity (Wildman–Crippen MR) is 61.3 cm³/mol. The number of carboxylic acid groups (broad SMARTS) is 1. The topological polar surface area (TPSA) is 113 Å². The summed E-state index contributed by atoms with van der Waals surface area (Å²) in [5, 5.41) is 11.1. The molecule has 0 rings (SSSR count). The number of carbonyl (C=O) groups excluding carboxylic acids is 2. The maximum atomic E-state index is 11.8. The van der Waals surface area contributed by atoms with Gasteiger partial charge in [0, 0.05) is 6.04 Å². The van der Waals surface area contributed by atoms with Crippen LogP contribution in [0.3, 0.4) is 0 Å². The molecule has 7 nitrogen and oxygen atoms in total. The molecule has 0 heterocycles. The zero-order chi connectivity index (χ0) is 13.8. The van der Waals surface area contributed by atoms with Crippen molar-refractivity contribution >= 4 is 17.9 Å². The quantitative estimate of drug-likeness (QED) is 0.620. The van der Waals surface area contributed by atoms with Gasteiger partial charge in [-0.2, -0.15) is 0 Å². The number of nitrogens with two attached hydrogens (primary N) is 1. The van der Waals surface area contributed by atoms with Crippen LogP contribution >= 0.6 is 0 Å². The fourth-order valence-electron chi connectivity index (χ4n) is 1.04. The Balaban J connectivity index is 4.75. The van der Waals surface area contributed by atoms with Crippen LogP contribution in [0.15, 0.2) is 0 Å². The summed E-state index contributed by atoms with van der Waals surface area (Å²) < 4.78 is 0. The van der Waals surface area contributed by atoms with Gasteiger partial charge in [-0.3, -0.25) is 9.59 Å². The van der Waals surface area contributed by atoms with E-state index < -0.39 is 30.0 Å². The lowest BCUT2D eigenvalue weighted by Crippen LogP contribution is -2.58. The third-order valence-corrected chi connectivity index (χ3v) is 2.23. The van der Waals surface area contributed by atoms with Gasteiger partial charge in [0.05, 0.1) is 0 Å². The highest BCUT2D eigenvalue weighted by molar-refractivity contribution is 5.90. The van der Waals surface area contributed by atoms with Gasteiger partial charge in [0.25, 0.3) is 0 Å². The first-order valence-electron chi connectivity index (χ1n) is 5.18. The van der Waals surface area contributed by atoms with Crippen LogP contribution < -0.4 is 11.1 Å². The Hall–Kier alpha value is -1.79. The van der Waals surface area contributed by atoms with Crippen LogP contribution in [0.25, 0.3) is 0 Å². The molecule has 0 spiro atoms. The van der Waals surface area contributed by atoms with Crippen molar-refractivity contribution in [3.63, 3.8) is 0 Å². The lowest BCUT2D eigenvalue weighted by Gasteiger charge is -2.30. The van der Waals surface area contributed by atoms with Crippen molar-refractivity contribution < 1.29 is 19.5 Å². The van der Waals surface area contributed by atoms with E-state index in [2.05, 4.69) is 5.32 Å². The van der Waals surface area contributed by atoms with E-state index in [1.54, 1.807) is 13.8 Å². The van der Waals surface area contributed by atoms with Crippen molar-refractivity contribution in [2.75, 3.05) is 6.54 Å². The second-order valence-electron chi connectivity index (χ2n) is 4.53. The molecular weight excluding hydrogens is 226 g/mol. The Morgan fingerprint density at radius 3 is 2.12 bits per heavy atom. The summed E-state index contributed by atoms with van der Waals surface area (Å²) in [6.45, 7) is 5.83. The van der Waals surface area contributed by atoms with E-state index in [0.717, 1.165) is 4.90 Å². The first-order chi connectivity index (χ1) is 7.58. The maximum Gasteiger partial charge on any atom is 0.323 e. The van der Waals surface area contributed by atoms with Gasteiger partial charge in [-0.15, -0.1) is 0 Å². The SMILES string of the molecule is CC(C)N(CC(=O)O)C(=O)NC(C)(C)C(N)=O.